The molecule has 6 nitrogen and oxygen atoms in total. The standard InChI is InChI=1S/C24H31FN4O2/c1-5-26-24(27-14-18-6-8-20(9-7-18)23(30)28(3)4)29-15-17(2)31-22(16-29)19-10-12-21(25)13-11-19/h6-13,17,22H,5,14-16H2,1-4H3,(H,26,27). The van der Waals surface area contributed by atoms with Gasteiger partial charge in [-0.1, -0.05) is 24.3 Å². The molecule has 2 aromatic rings. The molecule has 1 amide bonds. The molecule has 1 heterocycles. The van der Waals surface area contributed by atoms with Crippen LogP contribution in [0.2, 0.25) is 0 Å². The van der Waals surface area contributed by atoms with Crippen molar-refractivity contribution in [3.05, 3.63) is 71.0 Å². The van der Waals surface area contributed by atoms with E-state index >= 15 is 0 Å². The lowest BCUT2D eigenvalue weighted by Gasteiger charge is -2.38. The SMILES string of the molecule is CCNC(=NCc1ccc(C(=O)N(C)C)cc1)N1CC(C)OC(c2ccc(F)cc2)C1. The largest absolute Gasteiger partial charge is 0.367 e. The van der Waals surface area contributed by atoms with Crippen LogP contribution in [0, 0.1) is 5.82 Å². The molecule has 7 heteroatoms. The third kappa shape index (κ3) is 6.04. The van der Waals surface area contributed by atoms with Gasteiger partial charge in [-0.2, -0.15) is 0 Å². The van der Waals surface area contributed by atoms with Crippen molar-refractivity contribution in [2.45, 2.75) is 32.6 Å². The van der Waals surface area contributed by atoms with E-state index in [-0.39, 0.29) is 23.9 Å². The first kappa shape index (κ1) is 22.7. The molecule has 31 heavy (non-hydrogen) atoms. The predicted molar refractivity (Wildman–Crippen MR) is 121 cm³/mol. The molecule has 3 rings (SSSR count). The summed E-state index contributed by atoms with van der Waals surface area (Å²) in [5.41, 5.74) is 2.64. The summed E-state index contributed by atoms with van der Waals surface area (Å²) in [4.78, 5) is 20.6. The van der Waals surface area contributed by atoms with Gasteiger partial charge in [-0.05, 0) is 49.2 Å². The van der Waals surface area contributed by atoms with Crippen LogP contribution < -0.4 is 5.32 Å². The second-order valence-electron chi connectivity index (χ2n) is 7.96. The number of nitrogens with zero attached hydrogens (tertiary/aromatic N) is 3. The Kier molecular flexibility index (Phi) is 7.63. The molecular formula is C24H31FN4O2. The van der Waals surface area contributed by atoms with Crippen LogP contribution in [0.25, 0.3) is 0 Å². The van der Waals surface area contributed by atoms with Gasteiger partial charge in [0.15, 0.2) is 5.96 Å². The molecule has 0 bridgehead atoms. The van der Waals surface area contributed by atoms with Crippen LogP contribution in [0.4, 0.5) is 4.39 Å². The predicted octanol–water partition coefficient (Wildman–Crippen LogP) is 3.46. The second-order valence-corrected chi connectivity index (χ2v) is 7.96. The number of hydrogen-bond acceptors (Lipinski definition) is 3. The van der Waals surface area contributed by atoms with Crippen molar-refractivity contribution in [2.75, 3.05) is 33.7 Å². The Morgan fingerprint density at radius 2 is 1.84 bits per heavy atom. The Morgan fingerprint density at radius 1 is 1.16 bits per heavy atom. The molecule has 2 aromatic carbocycles. The van der Waals surface area contributed by atoms with Crippen molar-refractivity contribution in [1.82, 2.24) is 15.1 Å². The van der Waals surface area contributed by atoms with Crippen molar-refractivity contribution in [2.24, 2.45) is 4.99 Å². The minimum Gasteiger partial charge on any atom is -0.367 e. The molecule has 0 aliphatic carbocycles. The van der Waals surface area contributed by atoms with E-state index in [1.807, 2.05) is 38.1 Å². The highest BCUT2D eigenvalue weighted by Crippen LogP contribution is 2.25. The van der Waals surface area contributed by atoms with Crippen LogP contribution >= 0.6 is 0 Å². The Balaban J connectivity index is 1.73. The monoisotopic (exact) mass is 426 g/mol. The highest BCUT2D eigenvalue weighted by atomic mass is 19.1. The van der Waals surface area contributed by atoms with E-state index in [1.165, 1.54) is 12.1 Å². The molecule has 0 radical (unpaired) electrons. The third-order valence-electron chi connectivity index (χ3n) is 5.15. The number of aliphatic imine (C=N–C) groups is 1. The summed E-state index contributed by atoms with van der Waals surface area (Å²) in [5.74, 6) is 0.549. The summed E-state index contributed by atoms with van der Waals surface area (Å²) < 4.78 is 19.4. The first-order valence-electron chi connectivity index (χ1n) is 10.6. The fourth-order valence-electron chi connectivity index (χ4n) is 3.59. The normalized spacial score (nSPS) is 19.3. The maximum atomic E-state index is 13.3. The van der Waals surface area contributed by atoms with E-state index in [9.17, 15) is 9.18 Å². The van der Waals surface area contributed by atoms with E-state index in [1.54, 1.807) is 31.1 Å². The fourth-order valence-corrected chi connectivity index (χ4v) is 3.59. The van der Waals surface area contributed by atoms with Crippen molar-refractivity contribution in [3.8, 4) is 0 Å². The molecule has 1 aliphatic heterocycles. The number of rotatable bonds is 5. The van der Waals surface area contributed by atoms with Gasteiger partial charge in [0.05, 0.1) is 19.2 Å². The van der Waals surface area contributed by atoms with Crippen molar-refractivity contribution >= 4 is 11.9 Å². The molecule has 1 N–H and O–H groups in total. The van der Waals surface area contributed by atoms with Gasteiger partial charge in [-0.15, -0.1) is 0 Å². The number of ether oxygens (including phenoxy) is 1. The molecule has 2 atom stereocenters. The lowest BCUT2D eigenvalue weighted by Crippen LogP contribution is -2.50. The average Bonchev–Trinajstić information content (AvgIpc) is 2.76. The number of carbonyl (C=O) groups is 1. The first-order chi connectivity index (χ1) is 14.9. The van der Waals surface area contributed by atoms with Crippen LogP contribution in [-0.2, 0) is 11.3 Å². The number of amides is 1. The number of benzene rings is 2. The summed E-state index contributed by atoms with van der Waals surface area (Å²) in [6, 6.07) is 14.0. The van der Waals surface area contributed by atoms with Crippen LogP contribution in [-0.4, -0.2) is 61.5 Å². The number of morpholine rings is 1. The van der Waals surface area contributed by atoms with Gasteiger partial charge in [-0.25, -0.2) is 9.38 Å². The molecule has 166 valence electrons. The molecule has 0 saturated carbocycles. The summed E-state index contributed by atoms with van der Waals surface area (Å²) in [7, 11) is 3.48. The molecule has 0 spiro atoms. The molecule has 0 aromatic heterocycles. The number of carbonyl (C=O) groups excluding carboxylic acids is 1. The Morgan fingerprint density at radius 3 is 2.45 bits per heavy atom. The smallest absolute Gasteiger partial charge is 0.253 e. The second kappa shape index (κ2) is 10.4. The molecule has 2 unspecified atom stereocenters. The summed E-state index contributed by atoms with van der Waals surface area (Å²) in [6.45, 7) is 6.69. The zero-order chi connectivity index (χ0) is 22.4. The maximum Gasteiger partial charge on any atom is 0.253 e. The molecular weight excluding hydrogens is 395 g/mol. The zero-order valence-corrected chi connectivity index (χ0v) is 18.6. The quantitative estimate of drug-likeness (QED) is 0.588. The molecule has 1 saturated heterocycles. The van der Waals surface area contributed by atoms with Crippen LogP contribution in [0.3, 0.4) is 0 Å². The van der Waals surface area contributed by atoms with Gasteiger partial charge in [0, 0.05) is 32.7 Å². The average molecular weight is 427 g/mol. The lowest BCUT2D eigenvalue weighted by molar-refractivity contribution is -0.0605. The zero-order valence-electron chi connectivity index (χ0n) is 18.6. The minimum absolute atomic E-state index is 0.0162. The number of nitrogens with one attached hydrogen (secondary N) is 1. The van der Waals surface area contributed by atoms with Gasteiger partial charge < -0.3 is 19.9 Å². The number of hydrogen-bond donors (Lipinski definition) is 1. The fraction of sp³-hybridized carbons (Fsp3) is 0.417. The summed E-state index contributed by atoms with van der Waals surface area (Å²) in [5, 5.41) is 3.37. The highest BCUT2D eigenvalue weighted by Gasteiger charge is 2.28. The first-order valence-corrected chi connectivity index (χ1v) is 10.6. The van der Waals surface area contributed by atoms with E-state index in [2.05, 4.69) is 10.2 Å². The van der Waals surface area contributed by atoms with Gasteiger partial charge in [0.1, 0.15) is 11.9 Å². The molecule has 1 aliphatic rings. The van der Waals surface area contributed by atoms with E-state index < -0.39 is 0 Å². The van der Waals surface area contributed by atoms with Crippen molar-refractivity contribution in [3.63, 3.8) is 0 Å². The van der Waals surface area contributed by atoms with Crippen molar-refractivity contribution in [1.29, 1.82) is 0 Å². The van der Waals surface area contributed by atoms with Gasteiger partial charge in [0.25, 0.3) is 5.91 Å². The van der Waals surface area contributed by atoms with Crippen LogP contribution in [0.1, 0.15) is 41.4 Å². The van der Waals surface area contributed by atoms with E-state index in [0.29, 0.717) is 18.7 Å². The topological polar surface area (TPSA) is 57.2 Å². The minimum atomic E-state index is -0.252. The van der Waals surface area contributed by atoms with Gasteiger partial charge >= 0.3 is 0 Å². The van der Waals surface area contributed by atoms with Crippen LogP contribution in [0.5, 0.6) is 0 Å². The molecule has 1 fully saturated rings. The van der Waals surface area contributed by atoms with Crippen LogP contribution in [0.15, 0.2) is 53.5 Å². The highest BCUT2D eigenvalue weighted by molar-refractivity contribution is 5.93. The Labute approximate surface area is 183 Å². The lowest BCUT2D eigenvalue weighted by atomic mass is 10.1. The third-order valence-corrected chi connectivity index (χ3v) is 5.15. The van der Waals surface area contributed by atoms with Gasteiger partial charge in [0.2, 0.25) is 0 Å². The Hall–Kier alpha value is -2.93. The van der Waals surface area contributed by atoms with Gasteiger partial charge in [-0.3, -0.25) is 4.79 Å². The summed E-state index contributed by atoms with van der Waals surface area (Å²) in [6.07, 6.45) is -0.131. The Bertz CT molecular complexity index is 897. The number of guanidine groups is 1. The maximum absolute atomic E-state index is 13.3. The number of halogens is 1. The summed E-state index contributed by atoms with van der Waals surface area (Å²) >= 11 is 0. The van der Waals surface area contributed by atoms with E-state index in [4.69, 9.17) is 9.73 Å². The van der Waals surface area contributed by atoms with E-state index in [0.717, 1.165) is 30.2 Å². The van der Waals surface area contributed by atoms with Crippen molar-refractivity contribution < 1.29 is 13.9 Å².